The van der Waals surface area contributed by atoms with Gasteiger partial charge in [-0.05, 0) is 38.7 Å². The van der Waals surface area contributed by atoms with Crippen LogP contribution >= 0.6 is 11.3 Å². The second kappa shape index (κ2) is 11.7. The number of aliphatic hydroxyl groups excluding tert-OH is 1. The van der Waals surface area contributed by atoms with Crippen molar-refractivity contribution in [1.82, 2.24) is 20.2 Å². The van der Waals surface area contributed by atoms with Crippen LogP contribution in [0, 0.1) is 0 Å². The van der Waals surface area contributed by atoms with Gasteiger partial charge in [0.1, 0.15) is 17.6 Å². The van der Waals surface area contributed by atoms with E-state index in [9.17, 15) is 45.4 Å². The Morgan fingerprint density at radius 1 is 1.27 bits per heavy atom. The van der Waals surface area contributed by atoms with Crippen LogP contribution in [0.4, 0.5) is 36.6 Å². The largest absolute Gasteiger partial charge is 0.408 e. The normalized spacial score (nSPS) is 23.2. The van der Waals surface area contributed by atoms with E-state index in [0.717, 1.165) is 11.1 Å². The summed E-state index contributed by atoms with van der Waals surface area (Å²) >= 11 is 0.559. The molecule has 3 heterocycles. The molecule has 2 aromatic heterocycles. The Hall–Kier alpha value is -3.01. The van der Waals surface area contributed by atoms with Crippen molar-refractivity contribution in [3.8, 4) is 10.4 Å². The summed E-state index contributed by atoms with van der Waals surface area (Å²) in [7, 11) is 0. The van der Waals surface area contributed by atoms with Gasteiger partial charge in [0.05, 0.1) is 17.5 Å². The summed E-state index contributed by atoms with van der Waals surface area (Å²) in [6.07, 6.45) is -7.51. The van der Waals surface area contributed by atoms with E-state index in [4.69, 9.17) is 0 Å². The average molecular weight is 612 g/mol. The number of likely N-dealkylation sites (tertiary alicyclic amines) is 1. The number of carbonyl (C=O) groups is 2. The first-order chi connectivity index (χ1) is 19.1. The summed E-state index contributed by atoms with van der Waals surface area (Å²) in [4.78, 5) is 34.9. The van der Waals surface area contributed by atoms with E-state index in [0.29, 0.717) is 30.2 Å². The molecule has 2 aromatic rings. The van der Waals surface area contributed by atoms with Crippen molar-refractivity contribution in [3.63, 3.8) is 0 Å². The highest BCUT2D eigenvalue weighted by Crippen LogP contribution is 2.40. The van der Waals surface area contributed by atoms with Gasteiger partial charge in [-0.2, -0.15) is 13.2 Å². The predicted octanol–water partition coefficient (Wildman–Crippen LogP) is 5.41. The van der Waals surface area contributed by atoms with Crippen LogP contribution in [-0.2, 0) is 0 Å². The van der Waals surface area contributed by atoms with Crippen LogP contribution < -0.4 is 10.6 Å². The fourth-order valence-corrected chi connectivity index (χ4v) is 6.01. The number of anilines is 1. The Bertz CT molecular complexity index is 1290. The molecule has 0 unspecified atom stereocenters. The number of rotatable bonds is 8. The number of aliphatic hydroxyl groups is 1. The molecule has 2 fully saturated rings. The molecule has 1 saturated carbocycles. The zero-order valence-electron chi connectivity index (χ0n) is 21.9. The van der Waals surface area contributed by atoms with Crippen LogP contribution in [-0.4, -0.2) is 74.7 Å². The number of amides is 2. The lowest BCUT2D eigenvalue weighted by Gasteiger charge is -2.22. The third-order valence-corrected chi connectivity index (χ3v) is 8.18. The highest BCUT2D eigenvalue weighted by atomic mass is 32.1. The molecular formula is C25H28F7N5O3S. The van der Waals surface area contributed by atoms with Crippen LogP contribution in [0.15, 0.2) is 12.3 Å². The molecule has 8 nitrogen and oxygen atoms in total. The van der Waals surface area contributed by atoms with E-state index >= 15 is 0 Å². The Labute approximate surface area is 234 Å². The number of hydrogen-bond acceptors (Lipinski definition) is 7. The fraction of sp³-hybridized carbons (Fsp3) is 0.600. The number of pyridine rings is 1. The van der Waals surface area contributed by atoms with E-state index in [1.54, 1.807) is 0 Å². The summed E-state index contributed by atoms with van der Waals surface area (Å²) in [6, 6.07) is -2.66. The van der Waals surface area contributed by atoms with Crippen molar-refractivity contribution < 1.29 is 45.4 Å². The van der Waals surface area contributed by atoms with E-state index in [1.807, 2.05) is 0 Å². The SMILES string of the molecule is CC[C@H](Nc1cc(C(F)F)c(-c2sc(C(=O)N[C@H]3CC[C@H](O)C3)nc2C(=O)N2CC(F)(F)C[C@@H]2C)cn1)C(F)(F)F. The van der Waals surface area contributed by atoms with Crippen LogP contribution in [0.2, 0.25) is 0 Å². The summed E-state index contributed by atoms with van der Waals surface area (Å²) in [5.74, 6) is -5.44. The highest BCUT2D eigenvalue weighted by molar-refractivity contribution is 7.17. The number of aromatic nitrogens is 2. The topological polar surface area (TPSA) is 107 Å². The standard InChI is InChI=1S/C25H28F7N5O3S/c1-3-16(25(30,31)32)35-17-7-14(20(26)27)15(9-33-17)19-18(23(40)37-10-24(28,29)8-11(37)2)36-22(41-19)21(39)34-12-4-5-13(38)6-12/h7,9,11-13,16,20,38H,3-6,8,10H2,1-2H3,(H,33,35)(H,34,39)/t11-,12-,13-,16-/m0/s1. The van der Waals surface area contributed by atoms with E-state index < -0.39 is 91.0 Å². The molecule has 1 aliphatic carbocycles. The van der Waals surface area contributed by atoms with Crippen LogP contribution in [0.5, 0.6) is 0 Å². The van der Waals surface area contributed by atoms with Crippen molar-refractivity contribution in [2.45, 2.75) is 88.7 Å². The number of nitrogens with zero attached hydrogens (tertiary/aromatic N) is 3. The molecule has 3 N–H and O–H groups in total. The first-order valence-corrected chi connectivity index (χ1v) is 13.7. The number of hydrogen-bond donors (Lipinski definition) is 3. The minimum atomic E-state index is -4.68. The first kappa shape index (κ1) is 30.9. The smallest absolute Gasteiger partial charge is 0.393 e. The van der Waals surface area contributed by atoms with Gasteiger partial charge in [0.25, 0.3) is 24.2 Å². The molecule has 0 aromatic carbocycles. The third kappa shape index (κ3) is 6.90. The summed E-state index contributed by atoms with van der Waals surface area (Å²) in [6.45, 7) is 1.70. The summed E-state index contributed by atoms with van der Waals surface area (Å²) in [5, 5.41) is 14.2. The number of halogens is 7. The summed E-state index contributed by atoms with van der Waals surface area (Å²) in [5.41, 5.74) is -1.69. The Morgan fingerprint density at radius 2 is 1.98 bits per heavy atom. The number of carbonyl (C=O) groups excluding carboxylic acids is 2. The molecular weight excluding hydrogens is 583 g/mol. The molecule has 0 bridgehead atoms. The van der Waals surface area contributed by atoms with Gasteiger partial charge < -0.3 is 20.6 Å². The minimum absolute atomic E-state index is 0.258. The molecule has 1 saturated heterocycles. The first-order valence-electron chi connectivity index (χ1n) is 12.9. The van der Waals surface area contributed by atoms with E-state index in [-0.39, 0.29) is 21.9 Å². The molecule has 226 valence electrons. The lowest BCUT2D eigenvalue weighted by Crippen LogP contribution is -2.36. The van der Waals surface area contributed by atoms with Gasteiger partial charge in [0, 0.05) is 35.8 Å². The van der Waals surface area contributed by atoms with Gasteiger partial charge >= 0.3 is 6.18 Å². The molecule has 16 heteroatoms. The average Bonchev–Trinajstić information content (AvgIpc) is 3.57. The summed E-state index contributed by atoms with van der Waals surface area (Å²) < 4.78 is 96.3. The molecule has 0 radical (unpaired) electrons. The second-order valence-electron chi connectivity index (χ2n) is 10.3. The number of nitrogens with one attached hydrogen (secondary N) is 2. The fourth-order valence-electron chi connectivity index (χ4n) is 5.01. The number of alkyl halides is 7. The lowest BCUT2D eigenvalue weighted by molar-refractivity contribution is -0.142. The molecule has 2 aliphatic rings. The van der Waals surface area contributed by atoms with Gasteiger partial charge in [-0.15, -0.1) is 11.3 Å². The van der Waals surface area contributed by atoms with Crippen molar-refractivity contribution >= 4 is 29.0 Å². The Morgan fingerprint density at radius 3 is 2.51 bits per heavy atom. The maximum Gasteiger partial charge on any atom is 0.408 e. The monoisotopic (exact) mass is 611 g/mol. The lowest BCUT2D eigenvalue weighted by atomic mass is 10.1. The molecule has 2 amide bonds. The van der Waals surface area contributed by atoms with Gasteiger partial charge in [-0.25, -0.2) is 27.5 Å². The van der Waals surface area contributed by atoms with E-state index in [2.05, 4.69) is 20.6 Å². The zero-order chi connectivity index (χ0) is 30.3. The molecule has 41 heavy (non-hydrogen) atoms. The number of thiazole rings is 1. The van der Waals surface area contributed by atoms with Crippen LogP contribution in [0.1, 0.15) is 78.2 Å². The highest BCUT2D eigenvalue weighted by Gasteiger charge is 2.46. The quantitative estimate of drug-likeness (QED) is 0.345. The molecule has 4 atom stereocenters. The second-order valence-corrected chi connectivity index (χ2v) is 11.3. The Kier molecular flexibility index (Phi) is 8.83. The molecule has 0 spiro atoms. The Balaban J connectivity index is 1.75. The van der Waals surface area contributed by atoms with Crippen LogP contribution in [0.3, 0.4) is 0 Å². The van der Waals surface area contributed by atoms with Gasteiger partial charge in [-0.3, -0.25) is 9.59 Å². The van der Waals surface area contributed by atoms with Gasteiger partial charge in [0.2, 0.25) is 0 Å². The van der Waals surface area contributed by atoms with Gasteiger partial charge in [0.15, 0.2) is 5.01 Å². The third-order valence-electron chi connectivity index (χ3n) is 7.09. The van der Waals surface area contributed by atoms with Crippen LogP contribution in [0.25, 0.3) is 10.4 Å². The maximum absolute atomic E-state index is 14.2. The predicted molar refractivity (Wildman–Crippen MR) is 135 cm³/mol. The van der Waals surface area contributed by atoms with Crippen molar-refractivity contribution in [1.29, 1.82) is 0 Å². The zero-order valence-corrected chi connectivity index (χ0v) is 22.8. The van der Waals surface area contributed by atoms with Gasteiger partial charge in [-0.1, -0.05) is 6.92 Å². The van der Waals surface area contributed by atoms with E-state index in [1.165, 1.54) is 13.8 Å². The molecule has 4 rings (SSSR count). The maximum atomic E-state index is 14.2. The minimum Gasteiger partial charge on any atom is -0.393 e. The van der Waals surface area contributed by atoms with Crippen molar-refractivity contribution in [2.24, 2.45) is 0 Å². The van der Waals surface area contributed by atoms with Crippen molar-refractivity contribution in [3.05, 3.63) is 28.5 Å². The van der Waals surface area contributed by atoms with Crippen molar-refractivity contribution in [2.75, 3.05) is 11.9 Å². The molecule has 1 aliphatic heterocycles.